The molecule has 1 rings (SSSR count). The second kappa shape index (κ2) is 6.74. The molecular formula is C12H16N2O2. The molecule has 0 saturated carbocycles. The van der Waals surface area contributed by atoms with Gasteiger partial charge < -0.3 is 5.32 Å². The molecule has 0 atom stereocenters. The minimum Gasteiger partial charge on any atom is -0.313 e. The molecular weight excluding hydrogens is 204 g/mol. The molecule has 4 heteroatoms. The Morgan fingerprint density at radius 1 is 1.50 bits per heavy atom. The van der Waals surface area contributed by atoms with Gasteiger partial charge in [-0.25, -0.2) is 0 Å². The first-order valence-electron chi connectivity index (χ1n) is 5.35. The summed E-state index contributed by atoms with van der Waals surface area (Å²) in [5.41, 5.74) is 0.983. The van der Waals surface area contributed by atoms with Crippen molar-refractivity contribution in [1.82, 2.24) is 5.32 Å². The fraction of sp³-hybridized carbons (Fsp3) is 0.333. The molecule has 1 aromatic rings. The van der Waals surface area contributed by atoms with Crippen molar-refractivity contribution in [3.8, 4) is 0 Å². The summed E-state index contributed by atoms with van der Waals surface area (Å²) in [6.07, 6.45) is 4.95. The molecule has 0 radical (unpaired) electrons. The third-order valence-electron chi connectivity index (χ3n) is 2.08. The molecule has 0 spiro atoms. The van der Waals surface area contributed by atoms with Crippen molar-refractivity contribution in [2.24, 2.45) is 0 Å². The van der Waals surface area contributed by atoms with Gasteiger partial charge in [0.25, 0.3) is 5.69 Å². The molecule has 0 aliphatic carbocycles. The van der Waals surface area contributed by atoms with Crippen LogP contribution in [0.15, 0.2) is 30.3 Å². The Balaban J connectivity index is 2.53. The van der Waals surface area contributed by atoms with Gasteiger partial charge in [-0.15, -0.1) is 0 Å². The van der Waals surface area contributed by atoms with Crippen LogP contribution in [-0.2, 0) is 0 Å². The van der Waals surface area contributed by atoms with Crippen LogP contribution in [0.1, 0.15) is 18.9 Å². The summed E-state index contributed by atoms with van der Waals surface area (Å²) in [7, 11) is 0. The fourth-order valence-corrected chi connectivity index (χ4v) is 1.30. The van der Waals surface area contributed by atoms with Gasteiger partial charge in [0.2, 0.25) is 0 Å². The van der Waals surface area contributed by atoms with Gasteiger partial charge >= 0.3 is 0 Å². The van der Waals surface area contributed by atoms with Crippen LogP contribution >= 0.6 is 0 Å². The molecule has 1 N–H and O–H groups in total. The van der Waals surface area contributed by atoms with Gasteiger partial charge in [-0.2, -0.15) is 0 Å². The highest BCUT2D eigenvalue weighted by molar-refractivity contribution is 5.53. The lowest BCUT2D eigenvalue weighted by Gasteiger charge is -1.97. The molecule has 0 amide bonds. The van der Waals surface area contributed by atoms with Crippen molar-refractivity contribution >= 4 is 11.8 Å². The van der Waals surface area contributed by atoms with Gasteiger partial charge in [0.15, 0.2) is 0 Å². The first kappa shape index (κ1) is 12.4. The van der Waals surface area contributed by atoms with E-state index in [2.05, 4.69) is 12.2 Å². The van der Waals surface area contributed by atoms with Crippen LogP contribution in [0, 0.1) is 10.1 Å². The Morgan fingerprint density at radius 2 is 2.31 bits per heavy atom. The molecule has 0 heterocycles. The average Bonchev–Trinajstić information content (AvgIpc) is 2.29. The maximum Gasteiger partial charge on any atom is 0.270 e. The van der Waals surface area contributed by atoms with Crippen LogP contribution in [0.25, 0.3) is 6.08 Å². The lowest BCUT2D eigenvalue weighted by Crippen LogP contribution is -2.13. The normalized spacial score (nSPS) is 10.8. The zero-order valence-corrected chi connectivity index (χ0v) is 9.35. The van der Waals surface area contributed by atoms with E-state index in [0.29, 0.717) is 0 Å². The van der Waals surface area contributed by atoms with E-state index < -0.39 is 0 Å². The summed E-state index contributed by atoms with van der Waals surface area (Å²) in [6.45, 7) is 3.88. The molecule has 0 aliphatic rings. The van der Waals surface area contributed by atoms with E-state index in [0.717, 1.165) is 25.1 Å². The van der Waals surface area contributed by atoms with Gasteiger partial charge in [0.1, 0.15) is 0 Å². The summed E-state index contributed by atoms with van der Waals surface area (Å²) in [5.74, 6) is 0. The number of nitrogens with one attached hydrogen (secondary N) is 1. The van der Waals surface area contributed by atoms with Crippen molar-refractivity contribution in [2.75, 3.05) is 13.1 Å². The summed E-state index contributed by atoms with van der Waals surface area (Å²) in [6, 6.07) is 6.60. The van der Waals surface area contributed by atoms with E-state index in [-0.39, 0.29) is 10.6 Å². The number of nitro benzene ring substituents is 1. The van der Waals surface area contributed by atoms with Crippen molar-refractivity contribution < 1.29 is 4.92 Å². The van der Waals surface area contributed by atoms with Gasteiger partial charge in [-0.3, -0.25) is 10.1 Å². The largest absolute Gasteiger partial charge is 0.313 e. The highest BCUT2D eigenvalue weighted by atomic mass is 16.6. The molecule has 0 bridgehead atoms. The van der Waals surface area contributed by atoms with Crippen LogP contribution < -0.4 is 5.32 Å². The van der Waals surface area contributed by atoms with Gasteiger partial charge in [-0.05, 0) is 18.5 Å². The molecule has 86 valence electrons. The maximum atomic E-state index is 10.5. The predicted molar refractivity (Wildman–Crippen MR) is 65.3 cm³/mol. The monoisotopic (exact) mass is 220 g/mol. The maximum absolute atomic E-state index is 10.5. The second-order valence-electron chi connectivity index (χ2n) is 3.46. The lowest BCUT2D eigenvalue weighted by molar-refractivity contribution is -0.384. The van der Waals surface area contributed by atoms with Crippen LogP contribution in [0.4, 0.5) is 5.69 Å². The van der Waals surface area contributed by atoms with Crippen molar-refractivity contribution in [1.29, 1.82) is 0 Å². The predicted octanol–water partition coefficient (Wildman–Crippen LogP) is 2.61. The highest BCUT2D eigenvalue weighted by Crippen LogP contribution is 2.13. The van der Waals surface area contributed by atoms with E-state index in [1.54, 1.807) is 12.1 Å². The van der Waals surface area contributed by atoms with E-state index >= 15 is 0 Å². The van der Waals surface area contributed by atoms with Crippen LogP contribution in [0.5, 0.6) is 0 Å². The first-order chi connectivity index (χ1) is 7.74. The first-order valence-corrected chi connectivity index (χ1v) is 5.35. The van der Waals surface area contributed by atoms with Crippen LogP contribution in [0.3, 0.4) is 0 Å². The molecule has 0 unspecified atom stereocenters. The van der Waals surface area contributed by atoms with Gasteiger partial charge in [0.05, 0.1) is 4.92 Å². The number of hydrogen-bond acceptors (Lipinski definition) is 3. The van der Waals surface area contributed by atoms with Gasteiger partial charge in [-0.1, -0.05) is 31.2 Å². The van der Waals surface area contributed by atoms with E-state index in [9.17, 15) is 10.1 Å². The Bertz CT molecular complexity index is 375. The minimum atomic E-state index is -0.382. The molecule has 16 heavy (non-hydrogen) atoms. The number of rotatable bonds is 6. The number of nitrogens with zero attached hydrogens (tertiary/aromatic N) is 1. The molecule has 1 aromatic carbocycles. The van der Waals surface area contributed by atoms with Crippen LogP contribution in [-0.4, -0.2) is 18.0 Å². The van der Waals surface area contributed by atoms with Crippen molar-refractivity contribution in [3.63, 3.8) is 0 Å². The Kier molecular flexibility index (Phi) is 5.22. The Hall–Kier alpha value is -1.68. The third-order valence-corrected chi connectivity index (χ3v) is 2.08. The molecule has 0 aromatic heterocycles. The second-order valence-corrected chi connectivity index (χ2v) is 3.46. The van der Waals surface area contributed by atoms with E-state index in [1.807, 2.05) is 18.2 Å². The SMILES string of the molecule is CCCNCC=Cc1cccc([N+](=O)[O-])c1. The van der Waals surface area contributed by atoms with E-state index in [4.69, 9.17) is 0 Å². The van der Waals surface area contributed by atoms with Gasteiger partial charge in [0, 0.05) is 18.7 Å². The molecule has 0 aliphatic heterocycles. The zero-order valence-electron chi connectivity index (χ0n) is 9.35. The molecule has 4 nitrogen and oxygen atoms in total. The van der Waals surface area contributed by atoms with Crippen LogP contribution in [0.2, 0.25) is 0 Å². The topological polar surface area (TPSA) is 55.2 Å². The number of nitro groups is 1. The minimum absolute atomic E-state index is 0.128. The highest BCUT2D eigenvalue weighted by Gasteiger charge is 2.02. The standard InChI is InChI=1S/C12H16N2O2/c1-2-8-13-9-4-6-11-5-3-7-12(10-11)14(15)16/h3-7,10,13H,2,8-9H2,1H3. The fourth-order valence-electron chi connectivity index (χ4n) is 1.30. The Labute approximate surface area is 95.1 Å². The zero-order chi connectivity index (χ0) is 11.8. The summed E-state index contributed by atoms with van der Waals surface area (Å²) in [4.78, 5) is 10.2. The average molecular weight is 220 g/mol. The van der Waals surface area contributed by atoms with Crippen molar-refractivity contribution in [2.45, 2.75) is 13.3 Å². The van der Waals surface area contributed by atoms with E-state index in [1.165, 1.54) is 6.07 Å². The third kappa shape index (κ3) is 4.23. The quantitative estimate of drug-likeness (QED) is 0.455. The Morgan fingerprint density at radius 3 is 3.00 bits per heavy atom. The lowest BCUT2D eigenvalue weighted by atomic mass is 10.2. The molecule has 0 fully saturated rings. The molecule has 0 saturated heterocycles. The number of hydrogen-bond donors (Lipinski definition) is 1. The number of non-ortho nitro benzene ring substituents is 1. The van der Waals surface area contributed by atoms with Crippen molar-refractivity contribution in [3.05, 3.63) is 46.0 Å². The summed E-state index contributed by atoms with van der Waals surface area (Å²) < 4.78 is 0. The summed E-state index contributed by atoms with van der Waals surface area (Å²) in [5, 5.41) is 13.8. The number of benzene rings is 1. The summed E-state index contributed by atoms with van der Waals surface area (Å²) >= 11 is 0. The smallest absolute Gasteiger partial charge is 0.270 e.